The molecule has 0 spiro atoms. The molecule has 4 rings (SSSR count). The largest absolute Gasteiger partial charge is 0.325 e. The summed E-state index contributed by atoms with van der Waals surface area (Å²) in [4.78, 5) is 30.5. The molecule has 0 aliphatic carbocycles. The predicted octanol–water partition coefficient (Wildman–Crippen LogP) is 3.70. The highest BCUT2D eigenvalue weighted by atomic mass is 32.2. The molecule has 2 aromatic carbocycles. The van der Waals surface area contributed by atoms with Crippen LogP contribution < -0.4 is 5.32 Å². The molecule has 3 aromatic rings. The first kappa shape index (κ1) is 19.5. The van der Waals surface area contributed by atoms with Gasteiger partial charge in [-0.25, -0.2) is 9.78 Å². The average Bonchev–Trinajstić information content (AvgIpc) is 3.15. The van der Waals surface area contributed by atoms with E-state index in [1.54, 1.807) is 25.6 Å². The van der Waals surface area contributed by atoms with E-state index in [0.717, 1.165) is 29.2 Å². The van der Waals surface area contributed by atoms with Gasteiger partial charge in [0, 0.05) is 18.8 Å². The molecule has 0 saturated carbocycles. The molecule has 0 bridgehead atoms. The number of carbonyl (C=O) groups excluding carboxylic acids is 2. The molecule has 3 amide bonds. The number of imidazole rings is 1. The summed E-state index contributed by atoms with van der Waals surface area (Å²) in [5, 5.41) is 3.63. The number of nitrogens with zero attached hydrogens (tertiary/aromatic N) is 3. The van der Waals surface area contributed by atoms with Gasteiger partial charge in [-0.2, -0.15) is 0 Å². The molecule has 2 heterocycles. The van der Waals surface area contributed by atoms with E-state index in [0.29, 0.717) is 12.3 Å². The molecular weight excluding hydrogens is 384 g/mol. The second-order valence-electron chi connectivity index (χ2n) is 7.63. The van der Waals surface area contributed by atoms with Crippen LogP contribution in [0.1, 0.15) is 19.4 Å². The fourth-order valence-electron chi connectivity index (χ4n) is 3.51. The second kappa shape index (κ2) is 7.91. The summed E-state index contributed by atoms with van der Waals surface area (Å²) in [6.45, 7) is 4.64. The number of thioether (sulfide) groups is 1. The Bertz CT molecular complexity index is 1050. The maximum absolute atomic E-state index is 12.4. The van der Waals surface area contributed by atoms with Crippen LogP contribution in [-0.2, 0) is 17.8 Å². The molecule has 150 valence electrons. The Morgan fingerprint density at radius 2 is 1.72 bits per heavy atom. The summed E-state index contributed by atoms with van der Waals surface area (Å²) in [6, 6.07) is 18.2. The van der Waals surface area contributed by atoms with Gasteiger partial charge < -0.3 is 9.88 Å². The molecular formula is C22H24N4O2S. The van der Waals surface area contributed by atoms with E-state index in [4.69, 9.17) is 4.98 Å². The maximum atomic E-state index is 12.4. The lowest BCUT2D eigenvalue weighted by Crippen LogP contribution is -2.40. The Balaban J connectivity index is 1.48. The van der Waals surface area contributed by atoms with Crippen LogP contribution in [0, 0.1) is 0 Å². The first-order valence-corrected chi connectivity index (χ1v) is 10.7. The van der Waals surface area contributed by atoms with E-state index in [1.165, 1.54) is 10.5 Å². The van der Waals surface area contributed by atoms with Crippen LogP contribution >= 0.6 is 11.8 Å². The summed E-state index contributed by atoms with van der Waals surface area (Å²) in [5.74, 6) is 0.421. The first-order chi connectivity index (χ1) is 14.0. The lowest BCUT2D eigenvalue weighted by Gasteiger charge is -2.15. The molecule has 0 atom stereocenters. The Kier molecular flexibility index (Phi) is 5.32. The molecule has 0 radical (unpaired) electrons. The normalized spacial score (nSPS) is 15.9. The number of amides is 3. The number of carbonyl (C=O) groups is 2. The standard InChI is InChI=1S/C22H24N4O2S/c1-22(2)19(27)26(20(28)24-22)14-15-29-21-23-17-10-6-7-11-18(17)25(21)13-12-16-8-4-3-5-9-16/h3-11H,12-15H2,1-2H3,(H,24,28). The molecule has 1 aromatic heterocycles. The summed E-state index contributed by atoms with van der Waals surface area (Å²) in [6.07, 6.45) is 0.913. The number of para-hydroxylation sites is 2. The van der Waals surface area contributed by atoms with Gasteiger partial charge in [-0.1, -0.05) is 54.2 Å². The number of imide groups is 1. The summed E-state index contributed by atoms with van der Waals surface area (Å²) < 4.78 is 2.23. The molecule has 1 N–H and O–H groups in total. The lowest BCUT2D eigenvalue weighted by molar-refractivity contribution is -0.130. The molecule has 6 nitrogen and oxygen atoms in total. The van der Waals surface area contributed by atoms with Crippen LogP contribution in [0.3, 0.4) is 0 Å². The van der Waals surface area contributed by atoms with E-state index in [-0.39, 0.29) is 11.9 Å². The highest BCUT2D eigenvalue weighted by Gasteiger charge is 2.43. The van der Waals surface area contributed by atoms with Crippen molar-refractivity contribution in [2.24, 2.45) is 0 Å². The number of hydrogen-bond donors (Lipinski definition) is 1. The number of aromatic nitrogens is 2. The third kappa shape index (κ3) is 4.00. The van der Waals surface area contributed by atoms with Crippen molar-refractivity contribution in [3.63, 3.8) is 0 Å². The zero-order chi connectivity index (χ0) is 20.4. The third-order valence-corrected chi connectivity index (χ3v) is 6.03. The summed E-state index contributed by atoms with van der Waals surface area (Å²) >= 11 is 1.58. The average molecular weight is 409 g/mol. The number of aryl methyl sites for hydroxylation is 2. The van der Waals surface area contributed by atoms with Crippen molar-refractivity contribution in [3.8, 4) is 0 Å². The van der Waals surface area contributed by atoms with Crippen molar-refractivity contribution >= 4 is 34.7 Å². The Morgan fingerprint density at radius 3 is 2.45 bits per heavy atom. The van der Waals surface area contributed by atoms with Crippen molar-refractivity contribution in [3.05, 3.63) is 60.2 Å². The summed E-state index contributed by atoms with van der Waals surface area (Å²) in [5.41, 5.74) is 2.51. The number of hydrogen-bond acceptors (Lipinski definition) is 4. The minimum Gasteiger partial charge on any atom is -0.324 e. The van der Waals surface area contributed by atoms with E-state index in [9.17, 15) is 9.59 Å². The van der Waals surface area contributed by atoms with Gasteiger partial charge >= 0.3 is 6.03 Å². The van der Waals surface area contributed by atoms with Gasteiger partial charge in [0.25, 0.3) is 5.91 Å². The molecule has 29 heavy (non-hydrogen) atoms. The highest BCUT2D eigenvalue weighted by Crippen LogP contribution is 2.25. The van der Waals surface area contributed by atoms with Gasteiger partial charge in [-0.05, 0) is 38.0 Å². The fraction of sp³-hybridized carbons (Fsp3) is 0.318. The van der Waals surface area contributed by atoms with Gasteiger partial charge in [-0.15, -0.1) is 0 Å². The quantitative estimate of drug-likeness (QED) is 0.478. The van der Waals surface area contributed by atoms with Crippen molar-refractivity contribution in [1.29, 1.82) is 0 Å². The Morgan fingerprint density at radius 1 is 1.00 bits per heavy atom. The van der Waals surface area contributed by atoms with Gasteiger partial charge in [-0.3, -0.25) is 9.69 Å². The van der Waals surface area contributed by atoms with Crippen LogP contribution in [0.2, 0.25) is 0 Å². The SMILES string of the molecule is CC1(C)NC(=O)N(CCSc2nc3ccccc3n2CCc2ccccc2)C1=O. The smallest absolute Gasteiger partial charge is 0.324 e. The monoisotopic (exact) mass is 408 g/mol. The molecule has 1 fully saturated rings. The molecule has 1 aliphatic heterocycles. The molecule has 0 unspecified atom stereocenters. The van der Waals surface area contributed by atoms with Crippen LogP contribution in [-0.4, -0.2) is 44.2 Å². The van der Waals surface area contributed by atoms with Gasteiger partial charge in [0.15, 0.2) is 5.16 Å². The predicted molar refractivity (Wildman–Crippen MR) is 115 cm³/mol. The lowest BCUT2D eigenvalue weighted by atomic mass is 10.1. The maximum Gasteiger partial charge on any atom is 0.325 e. The number of fused-ring (bicyclic) bond motifs is 1. The summed E-state index contributed by atoms with van der Waals surface area (Å²) in [7, 11) is 0. The first-order valence-electron chi connectivity index (χ1n) is 9.72. The second-order valence-corrected chi connectivity index (χ2v) is 8.69. The van der Waals surface area contributed by atoms with Crippen LogP contribution in [0.5, 0.6) is 0 Å². The minimum absolute atomic E-state index is 0.180. The van der Waals surface area contributed by atoms with Gasteiger partial charge in [0.2, 0.25) is 0 Å². The Hall–Kier alpha value is -2.80. The minimum atomic E-state index is -0.829. The third-order valence-electron chi connectivity index (χ3n) is 5.08. The molecule has 7 heteroatoms. The van der Waals surface area contributed by atoms with Crippen LogP contribution in [0.15, 0.2) is 59.8 Å². The molecule has 1 aliphatic rings. The number of benzene rings is 2. The molecule has 1 saturated heterocycles. The zero-order valence-corrected chi connectivity index (χ0v) is 17.4. The van der Waals surface area contributed by atoms with Gasteiger partial charge in [0.05, 0.1) is 11.0 Å². The van der Waals surface area contributed by atoms with Crippen molar-refractivity contribution in [2.45, 2.75) is 37.5 Å². The number of urea groups is 1. The van der Waals surface area contributed by atoms with Crippen molar-refractivity contribution in [1.82, 2.24) is 19.8 Å². The number of nitrogens with one attached hydrogen (secondary N) is 1. The zero-order valence-electron chi connectivity index (χ0n) is 16.6. The fourth-order valence-corrected chi connectivity index (χ4v) is 4.48. The van der Waals surface area contributed by atoms with Crippen molar-refractivity contribution < 1.29 is 9.59 Å². The van der Waals surface area contributed by atoms with Crippen LogP contribution in [0.4, 0.5) is 4.79 Å². The van der Waals surface area contributed by atoms with E-state index in [2.05, 4.69) is 40.2 Å². The van der Waals surface area contributed by atoms with Gasteiger partial charge in [0.1, 0.15) is 5.54 Å². The van der Waals surface area contributed by atoms with Crippen LogP contribution in [0.25, 0.3) is 11.0 Å². The van der Waals surface area contributed by atoms with E-state index < -0.39 is 5.54 Å². The number of rotatable bonds is 7. The van der Waals surface area contributed by atoms with E-state index >= 15 is 0 Å². The van der Waals surface area contributed by atoms with Crippen molar-refractivity contribution in [2.75, 3.05) is 12.3 Å². The highest BCUT2D eigenvalue weighted by molar-refractivity contribution is 7.99. The topological polar surface area (TPSA) is 67.2 Å². The Labute approximate surface area is 174 Å². The van der Waals surface area contributed by atoms with E-state index in [1.807, 2.05) is 24.3 Å².